The number of hydrogen-bond donors (Lipinski definition) is 1. The lowest BCUT2D eigenvalue weighted by atomic mass is 9.93. The Balaban J connectivity index is 1.15. The van der Waals surface area contributed by atoms with Crippen LogP contribution in [0.4, 0.5) is 0 Å². The number of halogens is 1. The van der Waals surface area contributed by atoms with Gasteiger partial charge in [0.15, 0.2) is 0 Å². The summed E-state index contributed by atoms with van der Waals surface area (Å²) in [7, 11) is 0. The highest BCUT2D eigenvalue weighted by atomic mass is 35.5. The molecule has 0 saturated carbocycles. The van der Waals surface area contributed by atoms with Crippen LogP contribution in [0.5, 0.6) is 17.2 Å². The van der Waals surface area contributed by atoms with Crippen molar-refractivity contribution < 1.29 is 24.1 Å². The van der Waals surface area contributed by atoms with Crippen LogP contribution in [-0.2, 0) is 17.8 Å². The minimum Gasteiger partial charge on any atom is -0.493 e. The molecule has 48 heavy (non-hydrogen) atoms. The molecule has 2 saturated heterocycles. The molecule has 0 radical (unpaired) electrons. The van der Waals surface area contributed by atoms with E-state index in [2.05, 4.69) is 67.0 Å². The fourth-order valence-corrected chi connectivity index (χ4v) is 8.28. The van der Waals surface area contributed by atoms with Crippen molar-refractivity contribution in [1.82, 2.24) is 9.80 Å². The smallest absolute Gasteiger partial charge is 0.307 e. The van der Waals surface area contributed by atoms with Crippen molar-refractivity contribution >= 4 is 17.6 Å². The number of likely N-dealkylation sites (tertiary alicyclic amines) is 2. The zero-order valence-electron chi connectivity index (χ0n) is 29.0. The molecule has 8 heteroatoms. The molecule has 1 N–H and O–H groups in total. The molecule has 0 unspecified atom stereocenters. The van der Waals surface area contributed by atoms with Gasteiger partial charge in [-0.15, -0.1) is 0 Å². The van der Waals surface area contributed by atoms with Crippen LogP contribution in [0.15, 0.2) is 48.5 Å². The summed E-state index contributed by atoms with van der Waals surface area (Å²) in [5.74, 6) is 1.24. The van der Waals surface area contributed by atoms with Crippen LogP contribution in [0.3, 0.4) is 0 Å². The maximum atomic E-state index is 11.6. The minimum atomic E-state index is -0.726. The molecule has 3 aromatic rings. The first kappa shape index (κ1) is 34.6. The van der Waals surface area contributed by atoms with Gasteiger partial charge < -0.3 is 19.3 Å². The van der Waals surface area contributed by atoms with E-state index < -0.39 is 5.97 Å². The van der Waals surface area contributed by atoms with E-state index in [1.54, 1.807) is 0 Å². The Morgan fingerprint density at radius 1 is 0.958 bits per heavy atom. The SMILES string of the molecule is CCOc1cc(O[C@H]2CCc3c(-c4cccc(OCCCN5[C@H](C)CC[C@H]5C)c4C)cccc32)c(Cl)cc1CN1CCC[C@@H](C(=O)O)C1. The highest BCUT2D eigenvalue weighted by molar-refractivity contribution is 6.32. The summed E-state index contributed by atoms with van der Waals surface area (Å²) in [4.78, 5) is 16.4. The number of hydrogen-bond acceptors (Lipinski definition) is 6. The van der Waals surface area contributed by atoms with Crippen LogP contribution in [0.2, 0.25) is 5.02 Å². The number of carboxylic acid groups (broad SMARTS) is 1. The number of benzene rings is 3. The molecule has 6 rings (SSSR count). The van der Waals surface area contributed by atoms with E-state index in [1.807, 2.05) is 19.1 Å². The molecule has 0 bridgehead atoms. The van der Waals surface area contributed by atoms with Crippen LogP contribution in [0, 0.1) is 12.8 Å². The number of piperidine rings is 1. The molecule has 0 spiro atoms. The van der Waals surface area contributed by atoms with Crippen molar-refractivity contribution in [2.45, 2.75) is 97.4 Å². The number of aliphatic carboxylic acids is 1. The van der Waals surface area contributed by atoms with Crippen molar-refractivity contribution in [2.75, 3.05) is 32.8 Å². The Kier molecular flexibility index (Phi) is 11.2. The third-order valence-corrected chi connectivity index (χ3v) is 11.0. The van der Waals surface area contributed by atoms with Gasteiger partial charge in [-0.2, -0.15) is 0 Å². The molecule has 3 aliphatic rings. The number of rotatable bonds is 13. The molecule has 4 atom stereocenters. The van der Waals surface area contributed by atoms with Gasteiger partial charge in [0.2, 0.25) is 0 Å². The molecule has 0 aromatic heterocycles. The molecular weight excluding hydrogens is 624 g/mol. The molecule has 2 fully saturated rings. The Morgan fingerprint density at radius 2 is 1.73 bits per heavy atom. The summed E-state index contributed by atoms with van der Waals surface area (Å²) < 4.78 is 19.1. The second kappa shape index (κ2) is 15.5. The molecule has 7 nitrogen and oxygen atoms in total. The Morgan fingerprint density at radius 3 is 2.50 bits per heavy atom. The lowest BCUT2D eigenvalue weighted by Crippen LogP contribution is -2.38. The number of fused-ring (bicyclic) bond motifs is 1. The van der Waals surface area contributed by atoms with Gasteiger partial charge in [-0.05, 0) is 119 Å². The zero-order valence-corrected chi connectivity index (χ0v) is 29.7. The van der Waals surface area contributed by atoms with Gasteiger partial charge in [-0.1, -0.05) is 41.9 Å². The lowest BCUT2D eigenvalue weighted by Gasteiger charge is -2.31. The van der Waals surface area contributed by atoms with Crippen molar-refractivity contribution in [3.63, 3.8) is 0 Å². The van der Waals surface area contributed by atoms with Crippen LogP contribution in [-0.4, -0.2) is 65.8 Å². The monoisotopic (exact) mass is 674 g/mol. The maximum absolute atomic E-state index is 11.6. The second-order valence-corrected chi connectivity index (χ2v) is 14.3. The topological polar surface area (TPSA) is 71.5 Å². The van der Waals surface area contributed by atoms with Gasteiger partial charge in [0, 0.05) is 43.3 Å². The van der Waals surface area contributed by atoms with E-state index in [-0.39, 0.29) is 12.0 Å². The van der Waals surface area contributed by atoms with Gasteiger partial charge in [-0.3, -0.25) is 14.6 Å². The van der Waals surface area contributed by atoms with Gasteiger partial charge in [-0.25, -0.2) is 0 Å². The zero-order chi connectivity index (χ0) is 33.8. The number of nitrogens with zero attached hydrogens (tertiary/aromatic N) is 2. The summed E-state index contributed by atoms with van der Waals surface area (Å²) in [5, 5.41) is 10.1. The predicted molar refractivity (Wildman–Crippen MR) is 192 cm³/mol. The molecule has 2 heterocycles. The van der Waals surface area contributed by atoms with Crippen molar-refractivity contribution in [3.8, 4) is 28.4 Å². The maximum Gasteiger partial charge on any atom is 0.307 e. The Labute approximate surface area is 291 Å². The van der Waals surface area contributed by atoms with Crippen LogP contribution in [0.25, 0.3) is 11.1 Å². The molecular formula is C40H51ClN2O5. The van der Waals surface area contributed by atoms with E-state index in [0.29, 0.717) is 49.2 Å². The molecule has 3 aromatic carbocycles. The summed E-state index contributed by atoms with van der Waals surface area (Å²) in [5.41, 5.74) is 7.07. The summed E-state index contributed by atoms with van der Waals surface area (Å²) in [6, 6.07) is 18.1. The first-order valence-electron chi connectivity index (χ1n) is 17.9. The Bertz CT molecular complexity index is 1580. The second-order valence-electron chi connectivity index (χ2n) is 13.9. The molecule has 258 valence electrons. The summed E-state index contributed by atoms with van der Waals surface area (Å²) in [6.45, 7) is 13.1. The van der Waals surface area contributed by atoms with Crippen molar-refractivity contribution in [3.05, 3.63) is 75.8 Å². The molecule has 1 aliphatic carbocycles. The standard InChI is InChI=1S/C40H51ClN2O5/c1-5-46-38-23-39(35(41)22-30(38)25-42-19-8-10-29(24-42)40(44)45)48-37-18-17-33-32(12-6-13-34(33)37)31-11-7-14-36(28(31)4)47-21-9-20-43-26(2)15-16-27(43)3/h6-7,11-14,22-23,26-27,29,37H,5,8-10,15-21,24-25H2,1-4H3,(H,44,45)/t26-,27-,29-,37+/m1/s1. The first-order chi connectivity index (χ1) is 23.2. The van der Waals surface area contributed by atoms with Crippen molar-refractivity contribution in [2.24, 2.45) is 5.92 Å². The number of carboxylic acids is 1. The highest BCUT2D eigenvalue weighted by Crippen LogP contribution is 2.44. The first-order valence-corrected chi connectivity index (χ1v) is 18.3. The van der Waals surface area contributed by atoms with Gasteiger partial charge in [0.25, 0.3) is 0 Å². The minimum absolute atomic E-state index is 0.119. The highest BCUT2D eigenvalue weighted by Gasteiger charge is 2.30. The third-order valence-electron chi connectivity index (χ3n) is 10.7. The average Bonchev–Trinajstić information content (AvgIpc) is 3.63. The van der Waals surface area contributed by atoms with Gasteiger partial charge in [0.1, 0.15) is 23.4 Å². The van der Waals surface area contributed by atoms with Crippen molar-refractivity contribution in [1.29, 1.82) is 0 Å². The van der Waals surface area contributed by atoms with E-state index in [9.17, 15) is 9.90 Å². The van der Waals surface area contributed by atoms with Crippen LogP contribution < -0.4 is 14.2 Å². The lowest BCUT2D eigenvalue weighted by molar-refractivity contribution is -0.143. The normalized spacial score (nSPS) is 22.9. The Hall–Kier alpha value is -3.26. The van der Waals surface area contributed by atoms with Gasteiger partial charge in [0.05, 0.1) is 24.2 Å². The summed E-state index contributed by atoms with van der Waals surface area (Å²) >= 11 is 6.86. The van der Waals surface area contributed by atoms with Crippen LogP contribution in [0.1, 0.15) is 87.7 Å². The number of carbonyl (C=O) groups is 1. The van der Waals surface area contributed by atoms with E-state index >= 15 is 0 Å². The molecule has 2 aliphatic heterocycles. The third kappa shape index (κ3) is 7.64. The fraction of sp³-hybridized carbons (Fsp3) is 0.525. The van der Waals surface area contributed by atoms with Gasteiger partial charge >= 0.3 is 5.97 Å². The average molecular weight is 675 g/mol. The predicted octanol–water partition coefficient (Wildman–Crippen LogP) is 8.72. The van der Waals surface area contributed by atoms with E-state index in [4.69, 9.17) is 25.8 Å². The number of ether oxygens (including phenoxy) is 3. The fourth-order valence-electron chi connectivity index (χ4n) is 8.05. The van der Waals surface area contributed by atoms with E-state index in [1.165, 1.54) is 40.7 Å². The molecule has 0 amide bonds. The van der Waals surface area contributed by atoms with Crippen LogP contribution >= 0.6 is 11.6 Å². The quantitative estimate of drug-likeness (QED) is 0.182. The largest absolute Gasteiger partial charge is 0.493 e. The summed E-state index contributed by atoms with van der Waals surface area (Å²) in [6.07, 6.45) is 6.86. The van der Waals surface area contributed by atoms with E-state index in [0.717, 1.165) is 62.3 Å².